The van der Waals surface area contributed by atoms with Crippen molar-refractivity contribution in [3.8, 4) is 11.1 Å². The zero-order valence-electron chi connectivity index (χ0n) is 20.1. The molecule has 36 heavy (non-hydrogen) atoms. The summed E-state index contributed by atoms with van der Waals surface area (Å²) in [4.78, 5) is 33.8. The van der Waals surface area contributed by atoms with E-state index in [-0.39, 0.29) is 12.5 Å². The summed E-state index contributed by atoms with van der Waals surface area (Å²) < 4.78 is 5.42. The predicted molar refractivity (Wildman–Crippen MR) is 146 cm³/mol. The molecule has 1 aromatic carbocycles. The molecule has 6 nitrogen and oxygen atoms in total. The highest BCUT2D eigenvalue weighted by Crippen LogP contribution is 2.46. The summed E-state index contributed by atoms with van der Waals surface area (Å²) in [6.45, 7) is 2.05. The number of fused-ring (bicyclic) bond motifs is 5. The van der Waals surface area contributed by atoms with Gasteiger partial charge in [0.05, 0.1) is 12.3 Å². The maximum absolute atomic E-state index is 13.5. The fourth-order valence-electron chi connectivity index (χ4n) is 5.32. The average molecular weight is 518 g/mol. The van der Waals surface area contributed by atoms with E-state index in [4.69, 9.17) is 15.5 Å². The van der Waals surface area contributed by atoms with Crippen molar-refractivity contribution >= 4 is 55.5 Å². The van der Waals surface area contributed by atoms with Crippen LogP contribution in [0, 0.1) is 0 Å². The Hall–Kier alpha value is -3.23. The number of nitrogens with one attached hydrogen (secondary N) is 1. The Kier molecular flexibility index (Phi) is 6.01. The van der Waals surface area contributed by atoms with Gasteiger partial charge in [0, 0.05) is 21.5 Å². The van der Waals surface area contributed by atoms with Crippen molar-refractivity contribution in [3.05, 3.63) is 62.5 Å². The molecule has 3 N–H and O–H groups in total. The number of anilines is 2. The van der Waals surface area contributed by atoms with Gasteiger partial charge in [0.15, 0.2) is 0 Å². The van der Waals surface area contributed by atoms with Crippen molar-refractivity contribution in [2.24, 2.45) is 0 Å². The quantitative estimate of drug-likeness (QED) is 0.241. The number of esters is 1. The van der Waals surface area contributed by atoms with Gasteiger partial charge in [-0.1, -0.05) is 30.7 Å². The monoisotopic (exact) mass is 517 g/mol. The minimum Gasteiger partial charge on any atom is -0.462 e. The summed E-state index contributed by atoms with van der Waals surface area (Å²) in [7, 11) is 0. The van der Waals surface area contributed by atoms with E-state index in [1.54, 1.807) is 6.92 Å². The summed E-state index contributed by atoms with van der Waals surface area (Å²) in [5.74, 6) is -0.736. The third kappa shape index (κ3) is 3.89. The molecule has 3 heterocycles. The van der Waals surface area contributed by atoms with Crippen LogP contribution in [0.15, 0.2) is 30.3 Å². The van der Waals surface area contributed by atoms with Gasteiger partial charge in [-0.05, 0) is 68.2 Å². The number of nitrogens with zero attached hydrogens (tertiary/aromatic N) is 1. The second-order valence-electron chi connectivity index (χ2n) is 9.29. The largest absolute Gasteiger partial charge is 0.462 e. The number of rotatable bonds is 4. The molecule has 0 spiro atoms. The first-order valence-corrected chi connectivity index (χ1v) is 14.1. The van der Waals surface area contributed by atoms with Gasteiger partial charge in [0.1, 0.15) is 20.3 Å². The Bertz CT molecular complexity index is 1520. The minimum absolute atomic E-state index is 0.262. The van der Waals surface area contributed by atoms with E-state index in [9.17, 15) is 9.59 Å². The van der Waals surface area contributed by atoms with Crippen molar-refractivity contribution in [2.75, 3.05) is 17.7 Å². The summed E-state index contributed by atoms with van der Waals surface area (Å²) >= 11 is 2.77. The minimum atomic E-state index is -0.420. The van der Waals surface area contributed by atoms with Gasteiger partial charge in [-0.15, -0.1) is 22.7 Å². The molecule has 184 valence electrons. The first kappa shape index (κ1) is 23.2. The fraction of sp³-hybridized carbons (Fsp3) is 0.321. The molecule has 4 aromatic rings. The molecule has 2 aliphatic carbocycles. The van der Waals surface area contributed by atoms with Crippen molar-refractivity contribution in [3.63, 3.8) is 0 Å². The van der Waals surface area contributed by atoms with Crippen LogP contribution in [0.5, 0.6) is 0 Å². The highest BCUT2D eigenvalue weighted by molar-refractivity contribution is 7.21. The van der Waals surface area contributed by atoms with Gasteiger partial charge in [0.25, 0.3) is 5.91 Å². The topological polar surface area (TPSA) is 94.3 Å². The van der Waals surface area contributed by atoms with Crippen LogP contribution in [0.25, 0.3) is 21.3 Å². The first-order valence-electron chi connectivity index (χ1n) is 12.5. The predicted octanol–water partition coefficient (Wildman–Crippen LogP) is 6.40. The molecule has 0 saturated carbocycles. The third-order valence-electron chi connectivity index (χ3n) is 7.05. The summed E-state index contributed by atoms with van der Waals surface area (Å²) in [6, 6.07) is 10.2. The Labute approximate surface area is 217 Å². The van der Waals surface area contributed by atoms with Crippen molar-refractivity contribution < 1.29 is 14.3 Å². The lowest BCUT2D eigenvalue weighted by Crippen LogP contribution is -2.15. The van der Waals surface area contributed by atoms with Gasteiger partial charge in [0.2, 0.25) is 0 Å². The van der Waals surface area contributed by atoms with Crippen molar-refractivity contribution in [2.45, 2.75) is 51.9 Å². The van der Waals surface area contributed by atoms with Gasteiger partial charge in [-0.2, -0.15) is 0 Å². The molecule has 1 amide bonds. The highest BCUT2D eigenvalue weighted by atomic mass is 32.1. The van der Waals surface area contributed by atoms with E-state index in [1.807, 2.05) is 18.2 Å². The molecule has 0 unspecified atom stereocenters. The number of amides is 1. The van der Waals surface area contributed by atoms with E-state index in [2.05, 4.69) is 17.4 Å². The number of aromatic nitrogens is 1. The molecule has 0 aliphatic heterocycles. The Morgan fingerprint density at radius 1 is 1.06 bits per heavy atom. The van der Waals surface area contributed by atoms with E-state index in [0.717, 1.165) is 70.4 Å². The number of thiophene rings is 2. The Morgan fingerprint density at radius 2 is 1.89 bits per heavy atom. The van der Waals surface area contributed by atoms with E-state index < -0.39 is 5.97 Å². The molecule has 3 aromatic heterocycles. The molecule has 8 heteroatoms. The normalized spacial score (nSPS) is 14.5. The van der Waals surface area contributed by atoms with Crippen molar-refractivity contribution in [1.82, 2.24) is 4.98 Å². The Balaban J connectivity index is 1.40. The first-order chi connectivity index (χ1) is 17.5. The average Bonchev–Trinajstić information content (AvgIpc) is 3.30. The van der Waals surface area contributed by atoms with E-state index >= 15 is 0 Å². The van der Waals surface area contributed by atoms with Crippen LogP contribution in [-0.2, 0) is 30.4 Å². The molecule has 0 atom stereocenters. The molecule has 2 aliphatic rings. The number of hydrogen-bond donors (Lipinski definition) is 2. The summed E-state index contributed by atoms with van der Waals surface area (Å²) in [5.41, 5.74) is 12.9. The lowest BCUT2D eigenvalue weighted by atomic mass is 9.88. The fourth-order valence-corrected chi connectivity index (χ4v) is 7.51. The van der Waals surface area contributed by atoms with Crippen LogP contribution in [0.3, 0.4) is 0 Å². The second-order valence-corrected chi connectivity index (χ2v) is 11.4. The van der Waals surface area contributed by atoms with E-state index in [0.29, 0.717) is 21.1 Å². The standard InChI is InChI=1S/C28H27N3O3S2/c1-2-34-28(33)22-21-17-10-7-6-8-15(17)12-13-20(21)35-27(22)31-25(32)24-23(29)18-14-16-9-4-3-5-11-19(16)30-26(18)36-24/h6-8,10,14H,2-5,9,11-13,29H2,1H3,(H,31,32). The molecule has 0 radical (unpaired) electrons. The number of carbonyl (C=O) groups excluding carboxylic acids is 2. The molecular weight excluding hydrogens is 490 g/mol. The van der Waals surface area contributed by atoms with Crippen LogP contribution in [0.2, 0.25) is 0 Å². The van der Waals surface area contributed by atoms with E-state index in [1.165, 1.54) is 40.2 Å². The number of nitrogen functional groups attached to an aromatic ring is 1. The van der Waals surface area contributed by atoms with Crippen molar-refractivity contribution in [1.29, 1.82) is 0 Å². The van der Waals surface area contributed by atoms with Crippen LogP contribution in [-0.4, -0.2) is 23.5 Å². The molecule has 0 bridgehead atoms. The zero-order chi connectivity index (χ0) is 24.8. The number of hydrogen-bond acceptors (Lipinski definition) is 7. The van der Waals surface area contributed by atoms with Gasteiger partial charge in [-0.3, -0.25) is 4.79 Å². The summed E-state index contributed by atoms with van der Waals surface area (Å²) in [5, 5.41) is 4.37. The number of aryl methyl sites for hydroxylation is 4. The molecular formula is C28H27N3O3S2. The van der Waals surface area contributed by atoms with Crippen LogP contribution < -0.4 is 11.1 Å². The number of pyridine rings is 1. The number of benzene rings is 1. The van der Waals surface area contributed by atoms with Crippen LogP contribution in [0.4, 0.5) is 10.7 Å². The highest BCUT2D eigenvalue weighted by Gasteiger charge is 2.31. The second kappa shape index (κ2) is 9.33. The SMILES string of the molecule is CCOC(=O)c1c(NC(=O)c2sc3nc4c(cc3c2N)CCCCC4)sc2c1-c1ccccc1CC2. The number of carbonyl (C=O) groups is 2. The maximum atomic E-state index is 13.5. The van der Waals surface area contributed by atoms with Gasteiger partial charge in [-0.25, -0.2) is 9.78 Å². The smallest absolute Gasteiger partial charge is 0.341 e. The molecule has 0 saturated heterocycles. The lowest BCUT2D eigenvalue weighted by molar-refractivity contribution is 0.0529. The molecule has 6 rings (SSSR count). The van der Waals surface area contributed by atoms with Gasteiger partial charge >= 0.3 is 5.97 Å². The molecule has 0 fully saturated rings. The third-order valence-corrected chi connectivity index (χ3v) is 9.33. The number of ether oxygens (including phenoxy) is 1. The maximum Gasteiger partial charge on any atom is 0.341 e. The van der Waals surface area contributed by atoms with Gasteiger partial charge < -0.3 is 15.8 Å². The number of nitrogens with two attached hydrogens (primary N) is 1. The lowest BCUT2D eigenvalue weighted by Gasteiger charge is -2.17. The summed E-state index contributed by atoms with van der Waals surface area (Å²) in [6.07, 6.45) is 7.20. The van der Waals surface area contributed by atoms with Crippen LogP contribution >= 0.6 is 22.7 Å². The Morgan fingerprint density at radius 3 is 2.75 bits per heavy atom. The van der Waals surface area contributed by atoms with Crippen LogP contribution in [0.1, 0.15) is 67.9 Å². The zero-order valence-corrected chi connectivity index (χ0v) is 21.7.